The molecule has 39 heavy (non-hydrogen) atoms. The zero-order valence-electron chi connectivity index (χ0n) is 21.2. The van der Waals surface area contributed by atoms with Crippen LogP contribution in [0.3, 0.4) is 0 Å². The Hall–Kier alpha value is -3.66. The van der Waals surface area contributed by atoms with E-state index in [4.69, 9.17) is 4.18 Å². The second kappa shape index (κ2) is 12.0. The standard InChI is InChI=1S/C31H30O7S/c1-22-17-19-26(20-18-22)39(36,37)38-27(21-32)28(33)29(34)30(35)31(23-11-5-2-6-12-23,24-13-7-3-8-14-24)25-15-9-4-10-16-25/h2-21,27-30,33-35H,1H3/t27-,28+,29+,30?/m0/s1. The smallest absolute Gasteiger partial charge is 0.297 e. The lowest BCUT2D eigenvalue weighted by Gasteiger charge is -2.43. The van der Waals surface area contributed by atoms with Gasteiger partial charge in [0.05, 0.1) is 10.3 Å². The van der Waals surface area contributed by atoms with Gasteiger partial charge >= 0.3 is 0 Å². The van der Waals surface area contributed by atoms with Crippen LogP contribution in [0.25, 0.3) is 0 Å². The molecule has 0 aliphatic carbocycles. The Morgan fingerprint density at radius 2 is 1.08 bits per heavy atom. The van der Waals surface area contributed by atoms with Crippen molar-refractivity contribution < 1.29 is 32.7 Å². The summed E-state index contributed by atoms with van der Waals surface area (Å²) in [7, 11) is -4.47. The zero-order valence-corrected chi connectivity index (χ0v) is 22.1. The Labute approximate surface area is 228 Å². The summed E-state index contributed by atoms with van der Waals surface area (Å²) < 4.78 is 30.7. The third-order valence-corrected chi connectivity index (χ3v) is 8.15. The molecular formula is C31H30O7S. The number of rotatable bonds is 11. The molecule has 1 unspecified atom stereocenters. The van der Waals surface area contributed by atoms with Gasteiger partial charge in [0.1, 0.15) is 18.3 Å². The molecule has 0 radical (unpaired) electrons. The molecule has 0 aliphatic heterocycles. The van der Waals surface area contributed by atoms with E-state index in [-0.39, 0.29) is 11.2 Å². The maximum Gasteiger partial charge on any atom is 0.297 e. The van der Waals surface area contributed by atoms with Gasteiger partial charge in [0, 0.05) is 0 Å². The molecule has 4 aromatic rings. The van der Waals surface area contributed by atoms with Crippen molar-refractivity contribution in [2.24, 2.45) is 0 Å². The van der Waals surface area contributed by atoms with E-state index < -0.39 is 39.9 Å². The first-order valence-corrected chi connectivity index (χ1v) is 13.8. The van der Waals surface area contributed by atoms with Crippen LogP contribution in [0.5, 0.6) is 0 Å². The van der Waals surface area contributed by atoms with Gasteiger partial charge < -0.3 is 20.1 Å². The maximum atomic E-state index is 12.8. The van der Waals surface area contributed by atoms with Crippen LogP contribution in [0.1, 0.15) is 22.3 Å². The molecule has 202 valence electrons. The van der Waals surface area contributed by atoms with E-state index in [1.165, 1.54) is 12.1 Å². The third-order valence-electron chi connectivity index (χ3n) is 6.82. The van der Waals surface area contributed by atoms with Crippen molar-refractivity contribution in [2.45, 2.75) is 41.7 Å². The van der Waals surface area contributed by atoms with E-state index >= 15 is 0 Å². The predicted octanol–water partition coefficient (Wildman–Crippen LogP) is 3.39. The van der Waals surface area contributed by atoms with Gasteiger partial charge in [0.2, 0.25) is 0 Å². The van der Waals surface area contributed by atoms with Crippen LogP contribution in [0.15, 0.2) is 120 Å². The molecule has 3 N–H and O–H groups in total. The number of hydrogen-bond acceptors (Lipinski definition) is 7. The van der Waals surface area contributed by atoms with Crippen LogP contribution < -0.4 is 0 Å². The largest absolute Gasteiger partial charge is 0.389 e. The van der Waals surface area contributed by atoms with Crippen molar-refractivity contribution in [3.8, 4) is 0 Å². The van der Waals surface area contributed by atoms with E-state index in [1.807, 2.05) is 18.2 Å². The van der Waals surface area contributed by atoms with Crippen molar-refractivity contribution in [1.29, 1.82) is 0 Å². The molecule has 0 heterocycles. The lowest BCUT2D eigenvalue weighted by atomic mass is 9.64. The monoisotopic (exact) mass is 546 g/mol. The average Bonchev–Trinajstić information content (AvgIpc) is 2.97. The summed E-state index contributed by atoms with van der Waals surface area (Å²) in [6.07, 6.45) is -7.72. The highest BCUT2D eigenvalue weighted by Crippen LogP contribution is 2.44. The Balaban J connectivity index is 1.78. The molecule has 0 saturated carbocycles. The Morgan fingerprint density at radius 1 is 0.667 bits per heavy atom. The van der Waals surface area contributed by atoms with Crippen molar-refractivity contribution in [3.05, 3.63) is 138 Å². The summed E-state index contributed by atoms with van der Waals surface area (Å²) in [6.45, 7) is 1.78. The zero-order chi connectivity index (χ0) is 28.0. The molecule has 0 saturated heterocycles. The van der Waals surface area contributed by atoms with Gasteiger partial charge in [0.15, 0.2) is 12.4 Å². The second-order valence-corrected chi connectivity index (χ2v) is 10.9. The number of aliphatic hydroxyl groups excluding tert-OH is 3. The minimum Gasteiger partial charge on any atom is -0.389 e. The van der Waals surface area contributed by atoms with Crippen molar-refractivity contribution in [3.63, 3.8) is 0 Å². The van der Waals surface area contributed by atoms with Crippen molar-refractivity contribution in [1.82, 2.24) is 0 Å². The highest BCUT2D eigenvalue weighted by molar-refractivity contribution is 7.86. The normalized spacial score (nSPS) is 15.2. The molecule has 0 spiro atoms. The van der Waals surface area contributed by atoms with E-state index in [9.17, 15) is 28.5 Å². The molecule has 0 fully saturated rings. The molecule has 0 aliphatic rings. The van der Waals surface area contributed by atoms with E-state index in [0.29, 0.717) is 16.7 Å². The Morgan fingerprint density at radius 3 is 1.46 bits per heavy atom. The van der Waals surface area contributed by atoms with Crippen LogP contribution in [0.4, 0.5) is 0 Å². The minimum absolute atomic E-state index is 0.0988. The molecule has 0 amide bonds. The van der Waals surface area contributed by atoms with Crippen LogP contribution in [-0.2, 0) is 24.5 Å². The summed E-state index contributed by atoms with van der Waals surface area (Å²) in [4.78, 5) is 11.7. The number of aryl methyl sites for hydroxylation is 1. The lowest BCUT2D eigenvalue weighted by molar-refractivity contribution is -0.133. The fraction of sp³-hybridized carbons (Fsp3) is 0.194. The number of hydrogen-bond donors (Lipinski definition) is 3. The fourth-order valence-corrected chi connectivity index (χ4v) is 5.85. The number of carbonyl (C=O) groups excluding carboxylic acids is 1. The molecule has 0 bridgehead atoms. The first-order valence-electron chi connectivity index (χ1n) is 12.4. The van der Waals surface area contributed by atoms with Gasteiger partial charge in [-0.3, -0.25) is 4.18 Å². The fourth-order valence-electron chi connectivity index (χ4n) is 4.82. The van der Waals surface area contributed by atoms with Gasteiger partial charge in [-0.25, -0.2) is 0 Å². The molecule has 8 heteroatoms. The molecule has 4 aromatic carbocycles. The Kier molecular flexibility index (Phi) is 8.74. The quantitative estimate of drug-likeness (QED) is 0.150. The Bertz CT molecular complexity index is 1360. The summed E-state index contributed by atoms with van der Waals surface area (Å²) in [5.74, 6) is 0. The minimum atomic E-state index is -4.47. The number of aliphatic hydroxyl groups is 3. The summed E-state index contributed by atoms with van der Waals surface area (Å²) >= 11 is 0. The SMILES string of the molecule is Cc1ccc(S(=O)(=O)O[C@@H](C=O)[C@@H](O)[C@@H](O)C(O)C(c2ccccc2)(c2ccccc2)c2ccccc2)cc1. The average molecular weight is 547 g/mol. The van der Waals surface area contributed by atoms with E-state index in [2.05, 4.69) is 0 Å². The van der Waals surface area contributed by atoms with Gasteiger partial charge in [0.25, 0.3) is 10.1 Å². The summed E-state index contributed by atoms with van der Waals surface area (Å²) in [6, 6.07) is 32.7. The molecular weight excluding hydrogens is 516 g/mol. The van der Waals surface area contributed by atoms with Gasteiger partial charge in [-0.05, 0) is 35.7 Å². The summed E-state index contributed by atoms with van der Waals surface area (Å²) in [5.41, 5.74) is 1.23. The summed E-state index contributed by atoms with van der Waals surface area (Å²) in [5, 5.41) is 34.4. The highest BCUT2D eigenvalue weighted by Gasteiger charge is 2.49. The lowest BCUT2D eigenvalue weighted by Crippen LogP contribution is -2.55. The van der Waals surface area contributed by atoms with Gasteiger partial charge in [-0.1, -0.05) is 109 Å². The third kappa shape index (κ3) is 5.71. The van der Waals surface area contributed by atoms with Gasteiger partial charge in [-0.15, -0.1) is 0 Å². The first kappa shape index (κ1) is 28.4. The molecule has 4 rings (SSSR count). The second-order valence-electron chi connectivity index (χ2n) is 9.30. The number of carbonyl (C=O) groups is 1. The molecule has 4 atom stereocenters. The van der Waals surface area contributed by atoms with Crippen molar-refractivity contribution >= 4 is 16.4 Å². The van der Waals surface area contributed by atoms with Crippen molar-refractivity contribution in [2.75, 3.05) is 0 Å². The molecule has 7 nitrogen and oxygen atoms in total. The highest BCUT2D eigenvalue weighted by atomic mass is 32.2. The van der Waals surface area contributed by atoms with Crippen LogP contribution >= 0.6 is 0 Å². The number of aldehydes is 1. The van der Waals surface area contributed by atoms with Crippen LogP contribution in [0, 0.1) is 6.92 Å². The number of benzene rings is 4. The van der Waals surface area contributed by atoms with Crippen LogP contribution in [-0.4, -0.2) is 54.4 Å². The first-order chi connectivity index (χ1) is 18.7. The van der Waals surface area contributed by atoms with Crippen LogP contribution in [0.2, 0.25) is 0 Å². The van der Waals surface area contributed by atoms with E-state index in [0.717, 1.165) is 5.56 Å². The maximum absolute atomic E-state index is 12.8. The van der Waals surface area contributed by atoms with Gasteiger partial charge in [-0.2, -0.15) is 8.42 Å². The van der Waals surface area contributed by atoms with E-state index in [1.54, 1.807) is 91.9 Å². The topological polar surface area (TPSA) is 121 Å². The predicted molar refractivity (Wildman–Crippen MR) is 147 cm³/mol. The molecule has 0 aromatic heterocycles.